The smallest absolute Gasteiger partial charge is 0.326 e. The molecule has 0 spiro atoms. The van der Waals surface area contributed by atoms with E-state index in [9.17, 15) is 14.4 Å². The number of carbonyl (C=O) groups excluding carboxylic acids is 3. The van der Waals surface area contributed by atoms with Crippen molar-refractivity contribution in [3.8, 4) is 0 Å². The van der Waals surface area contributed by atoms with Crippen LogP contribution in [-0.4, -0.2) is 36.6 Å². The van der Waals surface area contributed by atoms with Gasteiger partial charge in [-0.2, -0.15) is 0 Å². The number of nitrogens with zero attached hydrogens (tertiary/aromatic N) is 2. The van der Waals surface area contributed by atoms with Crippen molar-refractivity contribution >= 4 is 51.2 Å². The van der Waals surface area contributed by atoms with Gasteiger partial charge in [-0.25, -0.2) is 4.99 Å². The molecule has 2 aromatic carbocycles. The van der Waals surface area contributed by atoms with Crippen LogP contribution in [0.15, 0.2) is 59.6 Å². The Hall–Kier alpha value is -3.78. The van der Waals surface area contributed by atoms with Crippen LogP contribution in [0.25, 0.3) is 0 Å². The van der Waals surface area contributed by atoms with Gasteiger partial charge in [0.2, 0.25) is 0 Å². The molecular formula is C31H33N3O4S. The summed E-state index contributed by atoms with van der Waals surface area (Å²) in [5.74, 6) is -0.597. The standard InChI is InChI=1S/C31H33N3O4S/c1-5-38-25(35)18-34-23-14-10-9-13-21(23)27(30(34)37)33-29-26(28(36)32-20-11-7-6-8-12-20)22-16-15-19(31(2,3)4)17-24(22)39-29/h6-14,19H,5,15-18H2,1-4H3,(H,32,36)/t19-/m1/s1. The Bertz CT molecular complexity index is 1450. The predicted molar refractivity (Wildman–Crippen MR) is 155 cm³/mol. The van der Waals surface area contributed by atoms with Gasteiger partial charge in [0, 0.05) is 16.1 Å². The number of anilines is 2. The number of thiophene rings is 1. The van der Waals surface area contributed by atoms with E-state index in [1.807, 2.05) is 48.5 Å². The van der Waals surface area contributed by atoms with Crippen molar-refractivity contribution in [3.63, 3.8) is 0 Å². The van der Waals surface area contributed by atoms with Gasteiger partial charge in [0.25, 0.3) is 11.8 Å². The molecule has 0 bridgehead atoms. The first kappa shape index (κ1) is 26.8. The summed E-state index contributed by atoms with van der Waals surface area (Å²) in [4.78, 5) is 47.0. The monoisotopic (exact) mass is 543 g/mol. The molecule has 1 aliphatic heterocycles. The Kier molecular flexibility index (Phi) is 7.40. The van der Waals surface area contributed by atoms with E-state index < -0.39 is 5.97 Å². The van der Waals surface area contributed by atoms with Crippen molar-refractivity contribution in [2.75, 3.05) is 23.4 Å². The van der Waals surface area contributed by atoms with Crippen LogP contribution in [-0.2, 0) is 27.2 Å². The Balaban J connectivity index is 1.58. The van der Waals surface area contributed by atoms with E-state index in [0.717, 1.165) is 29.7 Å². The van der Waals surface area contributed by atoms with Crippen molar-refractivity contribution in [1.29, 1.82) is 0 Å². The third-order valence-corrected chi connectivity index (χ3v) is 8.58. The molecule has 0 saturated carbocycles. The highest BCUT2D eigenvalue weighted by Gasteiger charge is 2.37. The highest BCUT2D eigenvalue weighted by atomic mass is 32.1. The van der Waals surface area contributed by atoms with E-state index in [1.54, 1.807) is 13.0 Å². The number of rotatable bonds is 6. The lowest BCUT2D eigenvalue weighted by Gasteiger charge is -2.33. The van der Waals surface area contributed by atoms with Crippen LogP contribution >= 0.6 is 11.3 Å². The van der Waals surface area contributed by atoms with Gasteiger partial charge in [-0.05, 0) is 61.3 Å². The number of benzene rings is 2. The van der Waals surface area contributed by atoms with E-state index in [1.165, 1.54) is 16.2 Å². The maximum Gasteiger partial charge on any atom is 0.326 e. The van der Waals surface area contributed by atoms with Crippen LogP contribution < -0.4 is 10.2 Å². The molecule has 1 N–H and O–H groups in total. The number of ether oxygens (including phenoxy) is 1. The first-order valence-electron chi connectivity index (χ1n) is 13.3. The molecule has 1 aromatic heterocycles. The van der Waals surface area contributed by atoms with Crippen molar-refractivity contribution in [3.05, 3.63) is 76.2 Å². The fourth-order valence-corrected chi connectivity index (χ4v) is 6.60. The van der Waals surface area contributed by atoms with E-state index in [4.69, 9.17) is 9.73 Å². The van der Waals surface area contributed by atoms with E-state index in [0.29, 0.717) is 33.4 Å². The largest absolute Gasteiger partial charge is 0.465 e. The normalized spacial score (nSPS) is 17.6. The van der Waals surface area contributed by atoms with Gasteiger partial charge in [-0.3, -0.25) is 19.3 Å². The number of carbonyl (C=O) groups is 3. The van der Waals surface area contributed by atoms with Gasteiger partial charge in [0.15, 0.2) is 0 Å². The van der Waals surface area contributed by atoms with Gasteiger partial charge in [-0.15, -0.1) is 11.3 Å². The van der Waals surface area contributed by atoms with Crippen molar-refractivity contribution in [1.82, 2.24) is 0 Å². The van der Waals surface area contributed by atoms with E-state index in [-0.39, 0.29) is 36.1 Å². The molecule has 2 heterocycles. The van der Waals surface area contributed by atoms with Crippen molar-refractivity contribution in [2.45, 2.75) is 47.0 Å². The predicted octanol–water partition coefficient (Wildman–Crippen LogP) is 6.18. The first-order valence-corrected chi connectivity index (χ1v) is 14.2. The second kappa shape index (κ2) is 10.8. The summed E-state index contributed by atoms with van der Waals surface area (Å²) >= 11 is 1.50. The van der Waals surface area contributed by atoms with Gasteiger partial charge >= 0.3 is 5.97 Å². The molecule has 202 valence electrons. The lowest BCUT2D eigenvalue weighted by molar-refractivity contribution is -0.142. The van der Waals surface area contributed by atoms with Gasteiger partial charge in [0.05, 0.1) is 17.9 Å². The third-order valence-electron chi connectivity index (χ3n) is 7.43. The molecule has 2 aliphatic rings. The molecule has 5 rings (SSSR count). The lowest BCUT2D eigenvalue weighted by atomic mass is 9.72. The minimum absolute atomic E-state index is 0.147. The summed E-state index contributed by atoms with van der Waals surface area (Å²) in [7, 11) is 0. The maximum atomic E-state index is 13.7. The molecule has 39 heavy (non-hydrogen) atoms. The molecule has 3 aromatic rings. The fraction of sp³-hybridized carbons (Fsp3) is 0.355. The molecular weight excluding hydrogens is 510 g/mol. The summed E-state index contributed by atoms with van der Waals surface area (Å²) in [6, 6.07) is 16.6. The Morgan fingerprint density at radius 1 is 1.10 bits per heavy atom. The quantitative estimate of drug-likeness (QED) is 0.376. The minimum atomic E-state index is -0.482. The molecule has 1 atom stereocenters. The fourth-order valence-electron chi connectivity index (χ4n) is 5.30. The number of fused-ring (bicyclic) bond motifs is 2. The third kappa shape index (κ3) is 5.39. The van der Waals surface area contributed by atoms with Crippen LogP contribution in [0.2, 0.25) is 0 Å². The highest BCUT2D eigenvalue weighted by Crippen LogP contribution is 2.46. The molecule has 2 amide bonds. The topological polar surface area (TPSA) is 88.1 Å². The SMILES string of the molecule is CCOC(=O)CN1C(=O)C(=Nc2sc3c(c2C(=O)Nc2ccccc2)CC[C@@H](C(C)(C)C)C3)c2ccccc21. The number of amides is 2. The molecule has 0 fully saturated rings. The molecule has 8 heteroatoms. The van der Waals surface area contributed by atoms with Gasteiger partial charge < -0.3 is 10.1 Å². The van der Waals surface area contributed by atoms with E-state index >= 15 is 0 Å². The second-order valence-corrected chi connectivity index (χ2v) is 12.1. The van der Waals surface area contributed by atoms with Crippen LogP contribution in [0.3, 0.4) is 0 Å². The minimum Gasteiger partial charge on any atom is -0.465 e. The van der Waals surface area contributed by atoms with E-state index in [2.05, 4.69) is 26.1 Å². The average Bonchev–Trinajstić information content (AvgIpc) is 3.39. The summed E-state index contributed by atoms with van der Waals surface area (Å²) in [5.41, 5.74) is 3.89. The number of hydrogen-bond donors (Lipinski definition) is 1. The molecule has 0 unspecified atom stereocenters. The van der Waals surface area contributed by atoms with Crippen LogP contribution in [0.5, 0.6) is 0 Å². The average molecular weight is 544 g/mol. The molecule has 7 nitrogen and oxygen atoms in total. The van der Waals surface area contributed by atoms with Gasteiger partial charge in [-0.1, -0.05) is 57.2 Å². The van der Waals surface area contributed by atoms with Gasteiger partial charge in [0.1, 0.15) is 17.3 Å². The molecule has 1 aliphatic carbocycles. The zero-order valence-corrected chi connectivity index (χ0v) is 23.6. The number of hydrogen-bond acceptors (Lipinski definition) is 6. The number of esters is 1. The number of para-hydroxylation sites is 2. The highest BCUT2D eigenvalue weighted by molar-refractivity contribution is 7.16. The number of aliphatic imine (C=N–C) groups is 1. The van der Waals surface area contributed by atoms with Crippen molar-refractivity contribution in [2.24, 2.45) is 16.3 Å². The summed E-state index contributed by atoms with van der Waals surface area (Å²) < 4.78 is 5.10. The molecule has 0 radical (unpaired) electrons. The first-order chi connectivity index (χ1) is 18.7. The van der Waals surface area contributed by atoms with Crippen molar-refractivity contribution < 1.29 is 19.1 Å². The number of nitrogens with one attached hydrogen (secondary N) is 1. The summed E-state index contributed by atoms with van der Waals surface area (Å²) in [6.07, 6.45) is 2.65. The Morgan fingerprint density at radius 3 is 2.54 bits per heavy atom. The van der Waals surface area contributed by atoms with Crippen LogP contribution in [0.1, 0.15) is 60.5 Å². The summed E-state index contributed by atoms with van der Waals surface area (Å²) in [6.45, 7) is 8.54. The second-order valence-electron chi connectivity index (χ2n) is 11.0. The lowest BCUT2D eigenvalue weighted by Crippen LogP contribution is -2.35. The summed E-state index contributed by atoms with van der Waals surface area (Å²) in [5, 5.41) is 3.55. The Morgan fingerprint density at radius 2 is 1.82 bits per heavy atom. The molecule has 0 saturated heterocycles. The van der Waals surface area contributed by atoms with Crippen LogP contribution in [0.4, 0.5) is 16.4 Å². The Labute approximate surface area is 232 Å². The van der Waals surface area contributed by atoms with Crippen LogP contribution in [0, 0.1) is 11.3 Å². The zero-order valence-electron chi connectivity index (χ0n) is 22.7. The zero-order chi connectivity index (χ0) is 27.7. The maximum absolute atomic E-state index is 13.7.